The number of aromatic amines is 1. The number of benzene rings is 1. The van der Waals surface area contributed by atoms with E-state index < -0.39 is 11.1 Å². The van der Waals surface area contributed by atoms with Crippen molar-refractivity contribution >= 4 is 40.6 Å². The van der Waals surface area contributed by atoms with Crippen LogP contribution < -0.4 is 5.32 Å². The van der Waals surface area contributed by atoms with Crippen LogP contribution in [0.1, 0.15) is 6.92 Å². The SMILES string of the molecule is C[C@H](Sc1n[nH]c(-c2ccccc2F)n1)C(=O)NCCN1C(=O)CSC1=O. The lowest BCUT2D eigenvalue weighted by atomic mass is 10.2. The van der Waals surface area contributed by atoms with Crippen molar-refractivity contribution in [3.05, 3.63) is 30.1 Å². The number of imide groups is 1. The lowest BCUT2D eigenvalue weighted by Gasteiger charge is -2.14. The standard InChI is InChI=1S/C16H16FN5O3S2/c1-9(14(24)18-6-7-22-12(23)8-26-16(22)25)27-15-19-13(20-21-15)10-4-2-3-5-11(10)17/h2-5,9H,6-8H2,1H3,(H,18,24)(H,19,20,21)/t9-/m0/s1. The Morgan fingerprint density at radius 1 is 1.44 bits per heavy atom. The Morgan fingerprint density at radius 3 is 2.93 bits per heavy atom. The average Bonchev–Trinajstić information content (AvgIpc) is 3.23. The van der Waals surface area contributed by atoms with Crippen molar-refractivity contribution in [2.24, 2.45) is 0 Å². The zero-order valence-corrected chi connectivity index (χ0v) is 15.9. The van der Waals surface area contributed by atoms with Gasteiger partial charge in [-0.15, -0.1) is 5.10 Å². The highest BCUT2D eigenvalue weighted by Crippen LogP contribution is 2.24. The molecule has 1 aliphatic heterocycles. The summed E-state index contributed by atoms with van der Waals surface area (Å²) >= 11 is 2.07. The van der Waals surface area contributed by atoms with E-state index in [9.17, 15) is 18.8 Å². The first-order valence-electron chi connectivity index (χ1n) is 8.04. The van der Waals surface area contributed by atoms with Gasteiger partial charge in [-0.25, -0.2) is 9.37 Å². The summed E-state index contributed by atoms with van der Waals surface area (Å²) in [7, 11) is 0. The van der Waals surface area contributed by atoms with E-state index in [4.69, 9.17) is 0 Å². The third kappa shape index (κ3) is 4.66. The van der Waals surface area contributed by atoms with Crippen LogP contribution in [0.3, 0.4) is 0 Å². The molecule has 8 nitrogen and oxygen atoms in total. The van der Waals surface area contributed by atoms with Crippen molar-refractivity contribution in [2.75, 3.05) is 18.8 Å². The maximum atomic E-state index is 13.8. The van der Waals surface area contributed by atoms with Gasteiger partial charge >= 0.3 is 0 Å². The normalized spacial score (nSPS) is 15.3. The Labute approximate surface area is 162 Å². The number of halogens is 1. The van der Waals surface area contributed by atoms with Crippen LogP contribution in [-0.2, 0) is 9.59 Å². The minimum absolute atomic E-state index is 0.145. The second kappa shape index (κ2) is 8.53. The Balaban J connectivity index is 1.51. The van der Waals surface area contributed by atoms with Crippen LogP contribution >= 0.6 is 23.5 Å². The van der Waals surface area contributed by atoms with Crippen molar-refractivity contribution in [1.29, 1.82) is 0 Å². The number of carbonyl (C=O) groups is 3. The maximum Gasteiger partial charge on any atom is 0.288 e. The van der Waals surface area contributed by atoms with Crippen molar-refractivity contribution in [1.82, 2.24) is 25.4 Å². The van der Waals surface area contributed by atoms with Crippen LogP contribution in [0.2, 0.25) is 0 Å². The molecule has 0 radical (unpaired) electrons. The molecule has 2 N–H and O–H groups in total. The molecule has 1 aromatic heterocycles. The first-order chi connectivity index (χ1) is 13.0. The topological polar surface area (TPSA) is 108 Å². The molecular formula is C16H16FN5O3S2. The minimum Gasteiger partial charge on any atom is -0.353 e. The molecule has 1 atom stereocenters. The van der Waals surface area contributed by atoms with Crippen LogP contribution in [-0.4, -0.2) is 61.2 Å². The van der Waals surface area contributed by atoms with E-state index in [1.54, 1.807) is 25.1 Å². The van der Waals surface area contributed by atoms with Crippen LogP contribution in [0.4, 0.5) is 9.18 Å². The van der Waals surface area contributed by atoms with Gasteiger partial charge in [0, 0.05) is 13.1 Å². The van der Waals surface area contributed by atoms with Gasteiger partial charge in [0.1, 0.15) is 5.82 Å². The number of thioether (sulfide) groups is 2. The summed E-state index contributed by atoms with van der Waals surface area (Å²) in [4.78, 5) is 40.5. The van der Waals surface area contributed by atoms with Crippen LogP contribution in [0.5, 0.6) is 0 Å². The second-order valence-electron chi connectivity index (χ2n) is 5.60. The van der Waals surface area contributed by atoms with Gasteiger partial charge in [-0.05, 0) is 19.1 Å². The van der Waals surface area contributed by atoms with Gasteiger partial charge in [0.15, 0.2) is 5.82 Å². The highest BCUT2D eigenvalue weighted by atomic mass is 32.2. The van der Waals surface area contributed by atoms with Gasteiger partial charge in [0.25, 0.3) is 5.24 Å². The third-order valence-corrected chi connectivity index (χ3v) is 5.54. The largest absolute Gasteiger partial charge is 0.353 e. The highest BCUT2D eigenvalue weighted by molar-refractivity contribution is 8.14. The molecule has 142 valence electrons. The number of nitrogens with one attached hydrogen (secondary N) is 2. The van der Waals surface area contributed by atoms with Gasteiger partial charge in [-0.2, -0.15) is 0 Å². The molecule has 3 amide bonds. The predicted octanol–water partition coefficient (Wildman–Crippen LogP) is 1.90. The molecule has 2 heterocycles. The molecule has 0 bridgehead atoms. The number of carbonyl (C=O) groups excluding carboxylic acids is 3. The number of aromatic nitrogens is 3. The molecule has 0 unspecified atom stereocenters. The molecule has 27 heavy (non-hydrogen) atoms. The molecule has 1 aromatic carbocycles. The number of rotatable bonds is 7. The van der Waals surface area contributed by atoms with Crippen molar-refractivity contribution in [2.45, 2.75) is 17.3 Å². The Bertz CT molecular complexity index is 859. The fraction of sp³-hybridized carbons (Fsp3) is 0.312. The van der Waals surface area contributed by atoms with E-state index in [1.807, 2.05) is 0 Å². The predicted molar refractivity (Wildman–Crippen MR) is 99.7 cm³/mol. The fourth-order valence-electron chi connectivity index (χ4n) is 2.32. The minimum atomic E-state index is -0.506. The monoisotopic (exact) mass is 409 g/mol. The summed E-state index contributed by atoms with van der Waals surface area (Å²) in [5.74, 6) is -0.507. The quantitative estimate of drug-likeness (QED) is 0.673. The summed E-state index contributed by atoms with van der Waals surface area (Å²) < 4.78 is 13.8. The molecule has 0 saturated carbocycles. The Morgan fingerprint density at radius 2 is 2.22 bits per heavy atom. The summed E-state index contributed by atoms with van der Waals surface area (Å²) in [6.45, 7) is 2.00. The second-order valence-corrected chi connectivity index (χ2v) is 7.83. The van der Waals surface area contributed by atoms with E-state index in [-0.39, 0.29) is 41.7 Å². The molecule has 0 aliphatic carbocycles. The lowest BCUT2D eigenvalue weighted by molar-refractivity contribution is -0.125. The maximum absolute atomic E-state index is 13.8. The number of nitrogens with zero attached hydrogens (tertiary/aromatic N) is 3. The van der Waals surface area contributed by atoms with Crippen LogP contribution in [0.25, 0.3) is 11.4 Å². The zero-order valence-electron chi connectivity index (χ0n) is 14.3. The number of hydrogen-bond acceptors (Lipinski definition) is 7. The molecule has 3 rings (SSSR count). The molecule has 11 heteroatoms. The molecular weight excluding hydrogens is 393 g/mol. The molecule has 0 spiro atoms. The van der Waals surface area contributed by atoms with E-state index in [1.165, 1.54) is 6.07 Å². The number of amides is 3. The first kappa shape index (κ1) is 19.4. The zero-order chi connectivity index (χ0) is 19.4. The van der Waals surface area contributed by atoms with Crippen molar-refractivity contribution < 1.29 is 18.8 Å². The van der Waals surface area contributed by atoms with E-state index in [0.717, 1.165) is 28.4 Å². The third-order valence-electron chi connectivity index (χ3n) is 3.72. The smallest absolute Gasteiger partial charge is 0.288 e. The molecule has 1 aliphatic rings. The van der Waals surface area contributed by atoms with Gasteiger partial charge in [0.2, 0.25) is 17.0 Å². The molecule has 1 fully saturated rings. The van der Waals surface area contributed by atoms with Crippen molar-refractivity contribution in [3.8, 4) is 11.4 Å². The van der Waals surface area contributed by atoms with E-state index >= 15 is 0 Å². The average molecular weight is 409 g/mol. The van der Waals surface area contributed by atoms with Gasteiger partial charge < -0.3 is 5.32 Å². The molecule has 2 aromatic rings. The first-order valence-corrected chi connectivity index (χ1v) is 9.91. The van der Waals surface area contributed by atoms with Crippen LogP contribution in [0, 0.1) is 5.82 Å². The van der Waals surface area contributed by atoms with Crippen molar-refractivity contribution in [3.63, 3.8) is 0 Å². The molecule has 1 saturated heterocycles. The summed E-state index contributed by atoms with van der Waals surface area (Å²) in [5, 5.41) is 8.85. The number of hydrogen-bond donors (Lipinski definition) is 2. The van der Waals surface area contributed by atoms with Crippen LogP contribution in [0.15, 0.2) is 29.4 Å². The fourth-order valence-corrected chi connectivity index (χ4v) is 3.82. The summed E-state index contributed by atoms with van der Waals surface area (Å²) in [6, 6.07) is 6.19. The van der Waals surface area contributed by atoms with E-state index in [2.05, 4.69) is 20.5 Å². The number of H-pyrrole nitrogens is 1. The van der Waals surface area contributed by atoms with E-state index in [0.29, 0.717) is 10.7 Å². The Kier molecular flexibility index (Phi) is 6.11. The summed E-state index contributed by atoms with van der Waals surface area (Å²) in [5.41, 5.74) is 0.298. The highest BCUT2D eigenvalue weighted by Gasteiger charge is 2.29. The lowest BCUT2D eigenvalue weighted by Crippen LogP contribution is -2.39. The Hall–Kier alpha value is -2.40. The van der Waals surface area contributed by atoms with Gasteiger partial charge in [0.05, 0.1) is 16.6 Å². The van der Waals surface area contributed by atoms with Gasteiger partial charge in [-0.1, -0.05) is 35.7 Å². The van der Waals surface area contributed by atoms with Gasteiger partial charge in [-0.3, -0.25) is 24.4 Å². The summed E-state index contributed by atoms with van der Waals surface area (Å²) in [6.07, 6.45) is 0.